The Balaban J connectivity index is 0.00000351. The van der Waals surface area contributed by atoms with Crippen molar-refractivity contribution in [3.05, 3.63) is 164 Å². The number of hydrogen-bond acceptors (Lipinski definition) is 5. The zero-order chi connectivity index (χ0) is 30.9. The van der Waals surface area contributed by atoms with Crippen LogP contribution < -0.4 is 4.90 Å². The van der Waals surface area contributed by atoms with E-state index in [2.05, 4.69) is 71.6 Å². The van der Waals surface area contributed by atoms with Gasteiger partial charge in [0.2, 0.25) is 0 Å². The maximum Gasteiger partial charge on any atom is 0.154 e. The molecule has 0 saturated carbocycles. The Bertz CT molecular complexity index is 2350. The van der Waals surface area contributed by atoms with Crippen molar-refractivity contribution in [1.29, 1.82) is 0 Å². The molecular weight excluding hydrogens is 760 g/mol. The standard InChI is InChI=1S/C41H27N4O.Pt/c46-39-23-9-8-21-35(39)41-43-36(29-13-2-1-3-14-29)26-37(44-41)31-18-10-19-33(24-31)45(38-22-11-17-28-12-6-7-20-34(28)38)40-25-30-15-4-5-16-32(30)27-42-40;/h1-23,25-27,46H;/q-1;. The Morgan fingerprint density at radius 1 is 0.574 bits per heavy atom. The van der Waals surface area contributed by atoms with Crippen molar-refractivity contribution in [2.24, 2.45) is 0 Å². The Kier molecular flexibility index (Phi) is 8.31. The summed E-state index contributed by atoms with van der Waals surface area (Å²) in [7, 11) is 0. The summed E-state index contributed by atoms with van der Waals surface area (Å²) in [5, 5.41) is 15.1. The topological polar surface area (TPSA) is 62.1 Å². The van der Waals surface area contributed by atoms with Gasteiger partial charge >= 0.3 is 0 Å². The van der Waals surface area contributed by atoms with Crippen molar-refractivity contribution >= 4 is 38.7 Å². The maximum atomic E-state index is 10.7. The monoisotopic (exact) mass is 786 g/mol. The van der Waals surface area contributed by atoms with E-state index in [0.29, 0.717) is 17.1 Å². The van der Waals surface area contributed by atoms with Gasteiger partial charge in [-0.2, -0.15) is 0 Å². The summed E-state index contributed by atoms with van der Waals surface area (Å²) in [6.45, 7) is 0. The molecule has 2 heterocycles. The average Bonchev–Trinajstić information content (AvgIpc) is 3.12. The molecule has 0 aliphatic rings. The van der Waals surface area contributed by atoms with Crippen LogP contribution in [0.25, 0.3) is 55.4 Å². The third-order valence-electron chi connectivity index (χ3n) is 8.09. The van der Waals surface area contributed by atoms with E-state index in [4.69, 9.17) is 15.0 Å². The number of hydrogen-bond donors (Lipinski definition) is 1. The number of phenolic OH excluding ortho intramolecular Hbond substituents is 1. The fourth-order valence-electron chi connectivity index (χ4n) is 5.84. The zero-order valence-corrected chi connectivity index (χ0v) is 27.3. The summed E-state index contributed by atoms with van der Waals surface area (Å²) in [6, 6.07) is 53.9. The summed E-state index contributed by atoms with van der Waals surface area (Å²) in [5.41, 5.74) is 5.58. The minimum absolute atomic E-state index is 0. The van der Waals surface area contributed by atoms with Gasteiger partial charge in [0.25, 0.3) is 0 Å². The molecule has 0 unspecified atom stereocenters. The van der Waals surface area contributed by atoms with Gasteiger partial charge < -0.3 is 10.0 Å². The van der Waals surface area contributed by atoms with Crippen LogP contribution in [0.5, 0.6) is 5.75 Å². The normalized spacial score (nSPS) is 10.9. The number of nitrogens with zero attached hydrogens (tertiary/aromatic N) is 4. The molecule has 0 radical (unpaired) electrons. The number of phenols is 1. The van der Waals surface area contributed by atoms with Gasteiger partial charge in [-0.25, -0.2) is 9.97 Å². The number of rotatable bonds is 6. The first-order chi connectivity index (χ1) is 22.7. The first-order valence-corrected chi connectivity index (χ1v) is 15.1. The van der Waals surface area contributed by atoms with Gasteiger partial charge in [-0.05, 0) is 52.0 Å². The van der Waals surface area contributed by atoms with Gasteiger partial charge in [0.1, 0.15) is 11.6 Å². The van der Waals surface area contributed by atoms with Crippen LogP contribution in [-0.4, -0.2) is 20.1 Å². The van der Waals surface area contributed by atoms with Gasteiger partial charge in [-0.1, -0.05) is 109 Å². The quantitative estimate of drug-likeness (QED) is 0.170. The second-order valence-electron chi connectivity index (χ2n) is 11.0. The van der Waals surface area contributed by atoms with E-state index in [0.717, 1.165) is 55.6 Å². The number of aromatic hydroxyl groups is 1. The van der Waals surface area contributed by atoms with Crippen molar-refractivity contribution in [3.8, 4) is 39.7 Å². The molecule has 0 fully saturated rings. The van der Waals surface area contributed by atoms with E-state index in [-0.39, 0.29) is 26.8 Å². The smallest absolute Gasteiger partial charge is 0.154 e. The third-order valence-corrected chi connectivity index (χ3v) is 8.09. The number of fused-ring (bicyclic) bond motifs is 2. The van der Waals surface area contributed by atoms with Crippen LogP contribution in [0, 0.1) is 6.07 Å². The van der Waals surface area contributed by atoms with E-state index in [9.17, 15) is 5.11 Å². The molecule has 47 heavy (non-hydrogen) atoms. The molecule has 1 N–H and O–H groups in total. The van der Waals surface area contributed by atoms with Crippen LogP contribution in [0.3, 0.4) is 0 Å². The van der Waals surface area contributed by atoms with E-state index in [1.165, 1.54) is 0 Å². The van der Waals surface area contributed by atoms with Gasteiger partial charge in [-0.15, -0.1) is 29.8 Å². The summed E-state index contributed by atoms with van der Waals surface area (Å²) < 4.78 is 0. The summed E-state index contributed by atoms with van der Waals surface area (Å²) in [6.07, 6.45) is 1.92. The van der Waals surface area contributed by atoms with Crippen LogP contribution in [0.1, 0.15) is 0 Å². The largest absolute Gasteiger partial charge is 0.507 e. The van der Waals surface area contributed by atoms with Gasteiger partial charge in [-0.3, -0.25) is 4.98 Å². The van der Waals surface area contributed by atoms with Crippen molar-refractivity contribution in [2.75, 3.05) is 4.90 Å². The van der Waals surface area contributed by atoms with Crippen molar-refractivity contribution < 1.29 is 26.2 Å². The van der Waals surface area contributed by atoms with Crippen LogP contribution in [0.2, 0.25) is 0 Å². The number of anilines is 3. The minimum Gasteiger partial charge on any atom is -0.507 e. The molecular formula is C41H27N4OPt-. The third kappa shape index (κ3) is 5.90. The molecule has 228 valence electrons. The zero-order valence-electron chi connectivity index (χ0n) is 25.1. The molecule has 2 aromatic heterocycles. The van der Waals surface area contributed by atoms with Gasteiger partial charge in [0.05, 0.1) is 16.9 Å². The molecule has 0 saturated heterocycles. The molecule has 0 aliphatic carbocycles. The van der Waals surface area contributed by atoms with Crippen molar-refractivity contribution in [1.82, 2.24) is 15.0 Å². The van der Waals surface area contributed by atoms with Gasteiger partial charge in [0.15, 0.2) is 5.82 Å². The average molecular weight is 787 g/mol. The molecule has 6 aromatic carbocycles. The second kappa shape index (κ2) is 13.0. The first-order valence-electron chi connectivity index (χ1n) is 15.1. The molecule has 6 heteroatoms. The molecule has 0 spiro atoms. The van der Waals surface area contributed by atoms with Crippen LogP contribution in [0.4, 0.5) is 17.2 Å². The van der Waals surface area contributed by atoms with Crippen molar-refractivity contribution in [2.45, 2.75) is 0 Å². The number of aromatic nitrogens is 3. The van der Waals surface area contributed by atoms with Gasteiger partial charge in [0, 0.05) is 38.0 Å². The molecule has 0 aliphatic heterocycles. The summed E-state index contributed by atoms with van der Waals surface area (Å²) in [5.74, 6) is 1.35. The predicted molar refractivity (Wildman–Crippen MR) is 186 cm³/mol. The molecule has 8 aromatic rings. The SMILES string of the molecule is Oc1ccccc1-c1nc(-c2[c-]c(N(c3cc4ccccc4cn3)c3cccc4ccccc34)ccc2)cc(-c2ccccc2)n1.[Pt]. The molecule has 0 atom stereocenters. The molecule has 0 bridgehead atoms. The summed E-state index contributed by atoms with van der Waals surface area (Å²) in [4.78, 5) is 16.9. The van der Waals surface area contributed by atoms with Crippen molar-refractivity contribution in [3.63, 3.8) is 0 Å². The Hall–Kier alpha value is -5.64. The number of para-hydroxylation sites is 1. The summed E-state index contributed by atoms with van der Waals surface area (Å²) >= 11 is 0. The van der Waals surface area contributed by atoms with Crippen LogP contribution >= 0.6 is 0 Å². The number of pyridine rings is 1. The van der Waals surface area contributed by atoms with Crippen LogP contribution in [-0.2, 0) is 21.1 Å². The van der Waals surface area contributed by atoms with E-state index < -0.39 is 0 Å². The Morgan fingerprint density at radius 2 is 1.26 bits per heavy atom. The van der Waals surface area contributed by atoms with Crippen LogP contribution in [0.15, 0.2) is 158 Å². The fraction of sp³-hybridized carbons (Fsp3) is 0. The first kappa shape index (κ1) is 30.0. The predicted octanol–water partition coefficient (Wildman–Crippen LogP) is 10.2. The molecule has 5 nitrogen and oxygen atoms in total. The van der Waals surface area contributed by atoms with E-state index >= 15 is 0 Å². The Labute approximate surface area is 287 Å². The van der Waals surface area contributed by atoms with E-state index in [1.807, 2.05) is 85.1 Å². The van der Waals surface area contributed by atoms with E-state index in [1.54, 1.807) is 12.1 Å². The fourth-order valence-corrected chi connectivity index (χ4v) is 5.84. The number of benzene rings is 6. The second-order valence-corrected chi connectivity index (χ2v) is 11.0. The Morgan fingerprint density at radius 3 is 2.11 bits per heavy atom. The molecule has 0 amide bonds. The molecule has 8 rings (SSSR count). The minimum atomic E-state index is 0. The maximum absolute atomic E-state index is 10.7.